The molecule has 0 unspecified atom stereocenters. The van der Waals surface area contributed by atoms with E-state index < -0.39 is 5.41 Å². The lowest BCUT2D eigenvalue weighted by Gasteiger charge is -2.15. The average Bonchev–Trinajstić information content (AvgIpc) is 2.61. The molecule has 4 nitrogen and oxygen atoms in total. The van der Waals surface area contributed by atoms with Crippen LogP contribution in [-0.4, -0.2) is 11.6 Å². The number of hydrazine groups is 1. The molecule has 1 aromatic rings. The van der Waals surface area contributed by atoms with E-state index in [1.54, 1.807) is 12.3 Å². The highest BCUT2D eigenvalue weighted by molar-refractivity contribution is 6.07. The van der Waals surface area contributed by atoms with Gasteiger partial charge in [-0.1, -0.05) is 24.8 Å². The van der Waals surface area contributed by atoms with Crippen molar-refractivity contribution in [2.45, 2.75) is 33.1 Å². The van der Waals surface area contributed by atoms with Crippen LogP contribution in [0.5, 0.6) is 0 Å². The minimum Gasteiger partial charge on any atom is -0.272 e. The molecule has 0 bridgehead atoms. The molecule has 0 aliphatic carbocycles. The first kappa shape index (κ1) is 15.2. The Balaban J connectivity index is 2.53. The number of fused-ring (bicyclic) bond motifs is 1. The number of nitrogens with zero attached hydrogens (tertiary/aromatic N) is 2. The zero-order valence-electron chi connectivity index (χ0n) is 13.0. The molecule has 4 heteroatoms. The maximum Gasteiger partial charge on any atom is 0.251 e. The van der Waals surface area contributed by atoms with Crippen molar-refractivity contribution in [2.24, 2.45) is 10.8 Å². The van der Waals surface area contributed by atoms with Gasteiger partial charge in [-0.25, -0.2) is 10.9 Å². The van der Waals surface area contributed by atoms with Crippen LogP contribution in [0.2, 0.25) is 0 Å². The number of hydrogen-bond acceptors (Lipinski definition) is 3. The summed E-state index contributed by atoms with van der Waals surface area (Å²) in [5, 5.41) is 1.23. The molecule has 110 valence electrons. The van der Waals surface area contributed by atoms with E-state index in [1.807, 2.05) is 45.9 Å². The highest BCUT2D eigenvalue weighted by Gasteiger charge is 2.42. The molecule has 1 amide bonds. The molecule has 1 heterocycles. The van der Waals surface area contributed by atoms with Crippen molar-refractivity contribution in [3.05, 3.63) is 48.2 Å². The second-order valence-corrected chi connectivity index (χ2v) is 5.90. The Kier molecular flexibility index (Phi) is 3.83. The normalized spacial score (nSPS) is 16.7. The number of rotatable bonds is 3. The van der Waals surface area contributed by atoms with Gasteiger partial charge >= 0.3 is 0 Å². The zero-order valence-corrected chi connectivity index (χ0v) is 13.0. The summed E-state index contributed by atoms with van der Waals surface area (Å²) in [5.74, 6) is 5.81. The predicted molar refractivity (Wildman–Crippen MR) is 88.1 cm³/mol. The molecule has 0 saturated carbocycles. The lowest BCUT2D eigenvalue weighted by Crippen LogP contribution is -2.40. The minimum atomic E-state index is -0.584. The van der Waals surface area contributed by atoms with E-state index >= 15 is 0 Å². The predicted octanol–water partition coefficient (Wildman–Crippen LogP) is 3.19. The Morgan fingerprint density at radius 3 is 2.62 bits per heavy atom. The molecule has 2 rings (SSSR count). The van der Waals surface area contributed by atoms with Crippen molar-refractivity contribution < 1.29 is 4.79 Å². The summed E-state index contributed by atoms with van der Waals surface area (Å²) in [6.07, 6.45) is 3.52. The monoisotopic (exact) mass is 283 g/mol. The van der Waals surface area contributed by atoms with Crippen LogP contribution in [0.25, 0.3) is 5.57 Å². The van der Waals surface area contributed by atoms with Crippen molar-refractivity contribution >= 4 is 22.9 Å². The highest BCUT2D eigenvalue weighted by atomic mass is 16.2. The second-order valence-electron chi connectivity index (χ2n) is 5.90. The van der Waals surface area contributed by atoms with Gasteiger partial charge in [0, 0.05) is 11.9 Å². The van der Waals surface area contributed by atoms with Crippen LogP contribution in [-0.2, 0) is 10.2 Å². The third kappa shape index (κ3) is 2.54. The number of nitrogens with two attached hydrogens (primary N) is 1. The summed E-state index contributed by atoms with van der Waals surface area (Å²) in [6.45, 7) is 11.5. The number of amides is 1. The summed E-state index contributed by atoms with van der Waals surface area (Å²) < 4.78 is 0. The van der Waals surface area contributed by atoms with Crippen LogP contribution >= 0.6 is 0 Å². The lowest BCUT2D eigenvalue weighted by molar-refractivity contribution is -0.122. The Morgan fingerprint density at radius 1 is 1.38 bits per heavy atom. The maximum absolute atomic E-state index is 12.2. The average molecular weight is 283 g/mol. The standard InChI is InChI=1S/C17H21N3O/c1-6-12(10-19-11(2)3)13-7-8-14-15(9-13)20(18)16(21)17(14,4)5/h6-10H,1,18H2,2-5H3/b12-10+. The summed E-state index contributed by atoms with van der Waals surface area (Å²) in [7, 11) is 0. The number of anilines is 1. The van der Waals surface area contributed by atoms with Crippen LogP contribution < -0.4 is 10.9 Å². The molecule has 0 atom stereocenters. The summed E-state index contributed by atoms with van der Waals surface area (Å²) >= 11 is 0. The van der Waals surface area contributed by atoms with Crippen LogP contribution in [0.3, 0.4) is 0 Å². The van der Waals surface area contributed by atoms with E-state index in [0.717, 1.165) is 28.1 Å². The molecule has 0 aromatic heterocycles. The Labute approximate surface area is 125 Å². The van der Waals surface area contributed by atoms with Crippen molar-refractivity contribution in [2.75, 3.05) is 5.01 Å². The van der Waals surface area contributed by atoms with Gasteiger partial charge in [-0.15, -0.1) is 0 Å². The van der Waals surface area contributed by atoms with Crippen LogP contribution in [0.15, 0.2) is 42.0 Å². The number of carbonyl (C=O) groups excluding carboxylic acids is 1. The van der Waals surface area contributed by atoms with E-state index in [4.69, 9.17) is 5.84 Å². The van der Waals surface area contributed by atoms with Gasteiger partial charge < -0.3 is 0 Å². The van der Waals surface area contributed by atoms with Crippen molar-refractivity contribution in [3.8, 4) is 0 Å². The Hall–Kier alpha value is -2.20. The first-order chi connectivity index (χ1) is 9.78. The Bertz CT molecular complexity index is 665. The smallest absolute Gasteiger partial charge is 0.251 e. The number of carbonyl (C=O) groups is 1. The lowest BCUT2D eigenvalue weighted by atomic mass is 9.85. The van der Waals surface area contributed by atoms with E-state index in [-0.39, 0.29) is 5.91 Å². The van der Waals surface area contributed by atoms with Crippen LogP contribution in [0.4, 0.5) is 5.69 Å². The summed E-state index contributed by atoms with van der Waals surface area (Å²) in [4.78, 5) is 16.5. The highest BCUT2D eigenvalue weighted by Crippen LogP contribution is 2.41. The number of aliphatic imine (C=N–C) groups is 1. The first-order valence-corrected chi connectivity index (χ1v) is 6.86. The molecule has 1 aromatic carbocycles. The third-order valence-corrected chi connectivity index (χ3v) is 3.70. The second kappa shape index (κ2) is 5.30. The summed E-state index contributed by atoms with van der Waals surface area (Å²) in [6, 6.07) is 5.84. The van der Waals surface area contributed by atoms with Gasteiger partial charge in [0.05, 0.1) is 11.1 Å². The van der Waals surface area contributed by atoms with E-state index in [9.17, 15) is 4.79 Å². The fraction of sp³-hybridized carbons (Fsp3) is 0.294. The fourth-order valence-electron chi connectivity index (χ4n) is 2.41. The molecule has 0 spiro atoms. The van der Waals surface area contributed by atoms with Crippen LogP contribution in [0, 0.1) is 0 Å². The number of hydrogen-bond donors (Lipinski definition) is 1. The number of benzene rings is 1. The van der Waals surface area contributed by atoms with Gasteiger partial charge in [-0.2, -0.15) is 0 Å². The molecular weight excluding hydrogens is 262 g/mol. The summed E-state index contributed by atoms with van der Waals surface area (Å²) in [5.41, 5.74) is 3.90. The fourth-order valence-corrected chi connectivity index (χ4v) is 2.41. The van der Waals surface area contributed by atoms with E-state index in [2.05, 4.69) is 11.6 Å². The SMILES string of the molecule is C=C/C(=C\N=C(C)C)c1ccc2c(c1)N(N)C(=O)C2(C)C. The topological polar surface area (TPSA) is 58.7 Å². The maximum atomic E-state index is 12.2. The molecule has 0 saturated heterocycles. The van der Waals surface area contributed by atoms with Gasteiger partial charge in [0.15, 0.2) is 0 Å². The van der Waals surface area contributed by atoms with E-state index in [1.165, 1.54) is 5.01 Å². The van der Waals surface area contributed by atoms with Gasteiger partial charge in [-0.3, -0.25) is 9.79 Å². The van der Waals surface area contributed by atoms with Gasteiger partial charge in [0.2, 0.25) is 0 Å². The quantitative estimate of drug-likeness (QED) is 0.401. The molecular formula is C17H21N3O. The van der Waals surface area contributed by atoms with Gasteiger partial charge in [-0.05, 0) is 50.5 Å². The first-order valence-electron chi connectivity index (χ1n) is 6.86. The molecule has 2 N–H and O–H groups in total. The molecule has 0 fully saturated rings. The van der Waals surface area contributed by atoms with Crippen molar-refractivity contribution in [3.63, 3.8) is 0 Å². The largest absolute Gasteiger partial charge is 0.272 e. The Morgan fingerprint density at radius 2 is 2.05 bits per heavy atom. The van der Waals surface area contributed by atoms with Gasteiger partial charge in [0.1, 0.15) is 0 Å². The van der Waals surface area contributed by atoms with Crippen molar-refractivity contribution in [1.82, 2.24) is 0 Å². The molecule has 1 aliphatic heterocycles. The van der Waals surface area contributed by atoms with Crippen LogP contribution in [0.1, 0.15) is 38.8 Å². The minimum absolute atomic E-state index is 0.0961. The van der Waals surface area contributed by atoms with E-state index in [0.29, 0.717) is 0 Å². The van der Waals surface area contributed by atoms with Gasteiger partial charge in [0.25, 0.3) is 5.91 Å². The molecule has 21 heavy (non-hydrogen) atoms. The van der Waals surface area contributed by atoms with Crippen molar-refractivity contribution in [1.29, 1.82) is 0 Å². The third-order valence-electron chi connectivity index (χ3n) is 3.70. The molecule has 1 aliphatic rings. The zero-order chi connectivity index (χ0) is 15.8. The number of allylic oxidation sites excluding steroid dienone is 2. The molecule has 0 radical (unpaired) electrons.